The van der Waals surface area contributed by atoms with Gasteiger partial charge in [-0.2, -0.15) is 0 Å². The molecule has 2 aromatic heterocycles. The highest BCUT2D eigenvalue weighted by Gasteiger charge is 2.33. The number of ether oxygens (including phenoxy) is 1. The molecule has 2 bridgehead atoms. The molecule has 6 heteroatoms. The Hall–Kier alpha value is -1.24. The second-order valence-corrected chi connectivity index (χ2v) is 6.21. The molecule has 4 rings (SSSR count). The Balaban J connectivity index is 1.57. The lowest BCUT2D eigenvalue weighted by Crippen LogP contribution is -2.42. The Morgan fingerprint density at radius 1 is 1.32 bits per heavy atom. The Labute approximate surface area is 115 Å². The molecule has 2 aliphatic rings. The van der Waals surface area contributed by atoms with Gasteiger partial charge in [-0.1, -0.05) is 0 Å². The van der Waals surface area contributed by atoms with Gasteiger partial charge >= 0.3 is 0 Å². The zero-order chi connectivity index (χ0) is 12.8. The molecule has 0 aromatic carbocycles. The molecule has 0 aliphatic carbocycles. The van der Waals surface area contributed by atoms with Crippen molar-refractivity contribution in [2.75, 3.05) is 18.8 Å². The van der Waals surface area contributed by atoms with Gasteiger partial charge in [-0.05, 0) is 24.3 Å². The van der Waals surface area contributed by atoms with Gasteiger partial charge in [-0.15, -0.1) is 11.3 Å². The third kappa shape index (κ3) is 2.09. The first-order valence-corrected chi connectivity index (χ1v) is 7.53. The van der Waals surface area contributed by atoms with Gasteiger partial charge < -0.3 is 10.5 Å². The minimum absolute atomic E-state index is 0.404. The summed E-state index contributed by atoms with van der Waals surface area (Å²) in [5, 5.41) is 2.98. The topological polar surface area (TPSA) is 64.3 Å². The Kier molecular flexibility index (Phi) is 2.68. The molecule has 2 atom stereocenters. The Morgan fingerprint density at radius 3 is 2.89 bits per heavy atom. The zero-order valence-electron chi connectivity index (χ0n) is 10.6. The predicted molar refractivity (Wildman–Crippen MR) is 75.0 cm³/mol. The maximum Gasteiger partial charge on any atom is 0.146 e. The monoisotopic (exact) mass is 276 g/mol. The SMILES string of the molecule is Nc1nc(CN2CC3CCC(C2)O3)nc2sccc12. The molecule has 2 unspecified atom stereocenters. The van der Waals surface area contributed by atoms with Crippen LogP contribution in [0.5, 0.6) is 0 Å². The highest BCUT2D eigenvalue weighted by molar-refractivity contribution is 7.16. The van der Waals surface area contributed by atoms with Gasteiger partial charge in [0.05, 0.1) is 24.1 Å². The van der Waals surface area contributed by atoms with E-state index in [1.165, 1.54) is 12.8 Å². The molecule has 0 radical (unpaired) electrons. The average molecular weight is 276 g/mol. The van der Waals surface area contributed by atoms with E-state index in [1.807, 2.05) is 11.4 Å². The molecular weight excluding hydrogens is 260 g/mol. The lowest BCUT2D eigenvalue weighted by Gasteiger charge is -2.31. The molecule has 2 fully saturated rings. The van der Waals surface area contributed by atoms with E-state index in [1.54, 1.807) is 11.3 Å². The molecule has 2 N–H and O–H groups in total. The molecule has 2 saturated heterocycles. The number of anilines is 1. The fourth-order valence-corrected chi connectivity index (χ4v) is 3.81. The number of hydrogen-bond acceptors (Lipinski definition) is 6. The van der Waals surface area contributed by atoms with Crippen LogP contribution >= 0.6 is 11.3 Å². The molecular formula is C13H16N4OS. The summed E-state index contributed by atoms with van der Waals surface area (Å²) in [4.78, 5) is 12.4. The van der Waals surface area contributed by atoms with Gasteiger partial charge in [-0.3, -0.25) is 4.90 Å². The molecule has 5 nitrogen and oxygen atoms in total. The van der Waals surface area contributed by atoms with Crippen LogP contribution in [0, 0.1) is 0 Å². The molecule has 2 aliphatic heterocycles. The highest BCUT2D eigenvalue weighted by atomic mass is 32.1. The quantitative estimate of drug-likeness (QED) is 0.903. The van der Waals surface area contributed by atoms with Crippen LogP contribution < -0.4 is 5.73 Å². The standard InChI is InChI=1S/C13H16N4OS/c14-12-10-3-4-19-13(10)16-11(15-12)7-17-5-8-1-2-9(6-17)18-8/h3-4,8-9H,1-2,5-7H2,(H2,14,15,16). The first kappa shape index (κ1) is 11.6. The fraction of sp³-hybridized carbons (Fsp3) is 0.538. The van der Waals surface area contributed by atoms with Crippen molar-refractivity contribution in [2.45, 2.75) is 31.6 Å². The van der Waals surface area contributed by atoms with Crippen molar-refractivity contribution in [1.29, 1.82) is 0 Å². The first-order valence-electron chi connectivity index (χ1n) is 6.65. The van der Waals surface area contributed by atoms with Crippen LogP contribution in [0.4, 0.5) is 5.82 Å². The van der Waals surface area contributed by atoms with Gasteiger partial charge in [0.15, 0.2) is 0 Å². The maximum atomic E-state index is 5.99. The van der Waals surface area contributed by atoms with E-state index in [0.717, 1.165) is 35.7 Å². The summed E-state index contributed by atoms with van der Waals surface area (Å²) in [5.74, 6) is 1.42. The molecule has 19 heavy (non-hydrogen) atoms. The fourth-order valence-electron chi connectivity index (χ4n) is 3.02. The van der Waals surface area contributed by atoms with E-state index in [9.17, 15) is 0 Å². The lowest BCUT2D eigenvalue weighted by atomic mass is 10.2. The molecule has 2 aromatic rings. The smallest absolute Gasteiger partial charge is 0.146 e. The number of morpholine rings is 1. The molecule has 0 amide bonds. The summed E-state index contributed by atoms with van der Waals surface area (Å²) in [6, 6.07) is 1.98. The Bertz CT molecular complexity index is 602. The van der Waals surface area contributed by atoms with Crippen LogP contribution in [0.2, 0.25) is 0 Å². The number of nitrogens with two attached hydrogens (primary N) is 1. The second-order valence-electron chi connectivity index (χ2n) is 5.32. The number of fused-ring (bicyclic) bond motifs is 3. The molecule has 0 spiro atoms. The molecule has 4 heterocycles. The van der Waals surface area contributed by atoms with Gasteiger partial charge in [0, 0.05) is 13.1 Å². The zero-order valence-corrected chi connectivity index (χ0v) is 11.4. The van der Waals surface area contributed by atoms with Crippen LogP contribution in [-0.4, -0.2) is 40.2 Å². The van der Waals surface area contributed by atoms with Crippen molar-refractivity contribution in [3.05, 3.63) is 17.3 Å². The van der Waals surface area contributed by atoms with Gasteiger partial charge in [0.2, 0.25) is 0 Å². The number of thiophene rings is 1. The summed E-state index contributed by atoms with van der Waals surface area (Å²) in [6.07, 6.45) is 3.19. The number of aromatic nitrogens is 2. The molecule has 100 valence electrons. The van der Waals surface area contributed by atoms with E-state index < -0.39 is 0 Å². The Morgan fingerprint density at radius 2 is 2.11 bits per heavy atom. The van der Waals surface area contributed by atoms with Crippen LogP contribution in [0.15, 0.2) is 11.4 Å². The summed E-state index contributed by atoms with van der Waals surface area (Å²) in [7, 11) is 0. The largest absolute Gasteiger partial charge is 0.383 e. The van der Waals surface area contributed by atoms with Gasteiger partial charge in [-0.25, -0.2) is 9.97 Å². The van der Waals surface area contributed by atoms with Crippen LogP contribution in [-0.2, 0) is 11.3 Å². The minimum atomic E-state index is 0.404. The molecule has 0 saturated carbocycles. The highest BCUT2D eigenvalue weighted by Crippen LogP contribution is 2.28. The lowest BCUT2D eigenvalue weighted by molar-refractivity contribution is -0.0417. The average Bonchev–Trinajstić information content (AvgIpc) is 2.96. The number of nitrogen functional groups attached to an aromatic ring is 1. The van der Waals surface area contributed by atoms with Crippen molar-refractivity contribution in [3.8, 4) is 0 Å². The van der Waals surface area contributed by atoms with Crippen LogP contribution in [0.3, 0.4) is 0 Å². The van der Waals surface area contributed by atoms with E-state index >= 15 is 0 Å². The first-order chi connectivity index (χ1) is 9.28. The van der Waals surface area contributed by atoms with Crippen molar-refractivity contribution < 1.29 is 4.74 Å². The summed E-state index contributed by atoms with van der Waals surface area (Å²) in [5.41, 5.74) is 5.99. The maximum absolute atomic E-state index is 5.99. The summed E-state index contributed by atoms with van der Waals surface area (Å²) >= 11 is 1.62. The third-order valence-electron chi connectivity index (χ3n) is 3.89. The van der Waals surface area contributed by atoms with E-state index in [0.29, 0.717) is 18.0 Å². The normalized spacial score (nSPS) is 27.2. The van der Waals surface area contributed by atoms with Gasteiger partial charge in [0.25, 0.3) is 0 Å². The number of rotatable bonds is 2. The van der Waals surface area contributed by atoms with Crippen LogP contribution in [0.25, 0.3) is 10.2 Å². The van der Waals surface area contributed by atoms with Gasteiger partial charge in [0.1, 0.15) is 16.5 Å². The minimum Gasteiger partial charge on any atom is -0.383 e. The number of nitrogens with zero attached hydrogens (tertiary/aromatic N) is 3. The van der Waals surface area contributed by atoms with E-state index in [2.05, 4.69) is 14.9 Å². The third-order valence-corrected chi connectivity index (χ3v) is 4.69. The van der Waals surface area contributed by atoms with Crippen molar-refractivity contribution in [3.63, 3.8) is 0 Å². The second kappa shape index (κ2) is 4.40. The van der Waals surface area contributed by atoms with Crippen molar-refractivity contribution >= 4 is 27.4 Å². The summed E-state index contributed by atoms with van der Waals surface area (Å²) in [6.45, 7) is 2.75. The van der Waals surface area contributed by atoms with Crippen molar-refractivity contribution in [2.24, 2.45) is 0 Å². The van der Waals surface area contributed by atoms with E-state index in [4.69, 9.17) is 10.5 Å². The predicted octanol–water partition coefficient (Wildman–Crippen LogP) is 1.64. The summed E-state index contributed by atoms with van der Waals surface area (Å²) < 4.78 is 5.84. The number of likely N-dealkylation sites (tertiary alicyclic amines) is 1. The van der Waals surface area contributed by atoms with Crippen LogP contribution in [0.1, 0.15) is 18.7 Å². The number of hydrogen-bond donors (Lipinski definition) is 1. The van der Waals surface area contributed by atoms with E-state index in [-0.39, 0.29) is 0 Å². The van der Waals surface area contributed by atoms with Crippen molar-refractivity contribution in [1.82, 2.24) is 14.9 Å².